The number of aromatic nitrogens is 2. The maximum Gasteiger partial charge on any atom is 0.137 e. The monoisotopic (exact) mass is 269 g/mol. The third-order valence-corrected chi connectivity index (χ3v) is 3.67. The van der Waals surface area contributed by atoms with E-state index in [9.17, 15) is 0 Å². The summed E-state index contributed by atoms with van der Waals surface area (Å²) in [6.45, 7) is 9.26. The van der Waals surface area contributed by atoms with Crippen molar-refractivity contribution in [3.8, 4) is 0 Å². The molecule has 0 saturated heterocycles. The van der Waals surface area contributed by atoms with Crippen LogP contribution in [0.3, 0.4) is 0 Å². The molecule has 1 unspecified atom stereocenters. The van der Waals surface area contributed by atoms with E-state index in [1.54, 1.807) is 0 Å². The minimum atomic E-state index is 0.548. The number of nitrogens with one attached hydrogen (secondary N) is 1. The second kappa shape index (κ2) is 7.57. The van der Waals surface area contributed by atoms with Crippen LogP contribution in [0.25, 0.3) is 0 Å². The molecule has 4 heteroatoms. The molecule has 0 amide bonds. The summed E-state index contributed by atoms with van der Waals surface area (Å²) < 4.78 is 0. The van der Waals surface area contributed by atoms with Crippen molar-refractivity contribution in [3.05, 3.63) is 16.5 Å². The number of anilines is 1. The van der Waals surface area contributed by atoms with Crippen molar-refractivity contribution in [1.29, 1.82) is 0 Å². The van der Waals surface area contributed by atoms with Crippen molar-refractivity contribution in [2.75, 3.05) is 11.9 Å². The number of aryl methyl sites for hydroxylation is 1. The van der Waals surface area contributed by atoms with E-state index in [1.807, 2.05) is 13.8 Å². The van der Waals surface area contributed by atoms with Crippen molar-refractivity contribution in [2.24, 2.45) is 5.92 Å². The van der Waals surface area contributed by atoms with Crippen molar-refractivity contribution in [3.63, 3.8) is 0 Å². The molecule has 0 saturated carbocycles. The highest BCUT2D eigenvalue weighted by molar-refractivity contribution is 6.30. The number of hydrogen-bond acceptors (Lipinski definition) is 3. The smallest absolute Gasteiger partial charge is 0.137 e. The van der Waals surface area contributed by atoms with Crippen molar-refractivity contribution in [1.82, 2.24) is 9.97 Å². The molecule has 0 fully saturated rings. The fourth-order valence-electron chi connectivity index (χ4n) is 1.95. The highest BCUT2D eigenvalue weighted by atomic mass is 35.5. The standard InChI is InChI=1S/C14H24ClN3/c1-5-7-8-12(6-2)9-16-14-10(3)13(15)17-11(4)18-14/h12H,5-9H2,1-4H3,(H,16,17,18). The summed E-state index contributed by atoms with van der Waals surface area (Å²) in [5, 5.41) is 3.97. The fourth-order valence-corrected chi connectivity index (χ4v) is 2.16. The molecule has 102 valence electrons. The van der Waals surface area contributed by atoms with Crippen LogP contribution in [-0.2, 0) is 0 Å². The van der Waals surface area contributed by atoms with Gasteiger partial charge in [0.25, 0.3) is 0 Å². The molecule has 1 atom stereocenters. The van der Waals surface area contributed by atoms with Crippen LogP contribution in [-0.4, -0.2) is 16.5 Å². The van der Waals surface area contributed by atoms with Gasteiger partial charge in [-0.05, 0) is 26.2 Å². The molecule has 0 aromatic carbocycles. The van der Waals surface area contributed by atoms with Gasteiger partial charge in [-0.25, -0.2) is 9.97 Å². The maximum absolute atomic E-state index is 6.06. The third kappa shape index (κ3) is 4.45. The number of unbranched alkanes of at least 4 members (excludes halogenated alkanes) is 1. The lowest BCUT2D eigenvalue weighted by Gasteiger charge is -2.17. The van der Waals surface area contributed by atoms with Gasteiger partial charge in [0, 0.05) is 12.1 Å². The fraction of sp³-hybridized carbons (Fsp3) is 0.714. The summed E-state index contributed by atoms with van der Waals surface area (Å²) in [5.74, 6) is 2.30. The Kier molecular flexibility index (Phi) is 6.41. The van der Waals surface area contributed by atoms with Crippen molar-refractivity contribution < 1.29 is 0 Å². The van der Waals surface area contributed by atoms with Crippen molar-refractivity contribution >= 4 is 17.4 Å². The van der Waals surface area contributed by atoms with Crippen LogP contribution in [0.15, 0.2) is 0 Å². The molecule has 18 heavy (non-hydrogen) atoms. The van der Waals surface area contributed by atoms with Gasteiger partial charge in [-0.15, -0.1) is 0 Å². The Morgan fingerprint density at radius 3 is 2.56 bits per heavy atom. The van der Waals surface area contributed by atoms with Gasteiger partial charge >= 0.3 is 0 Å². The topological polar surface area (TPSA) is 37.8 Å². The first kappa shape index (κ1) is 15.2. The molecule has 0 bridgehead atoms. The number of halogens is 1. The molecular weight excluding hydrogens is 246 g/mol. The summed E-state index contributed by atoms with van der Waals surface area (Å²) in [6.07, 6.45) is 5.03. The molecule has 0 radical (unpaired) electrons. The van der Waals surface area contributed by atoms with Gasteiger partial charge in [-0.3, -0.25) is 0 Å². The average molecular weight is 270 g/mol. The quantitative estimate of drug-likeness (QED) is 0.747. The first-order valence-corrected chi connectivity index (χ1v) is 7.20. The van der Waals surface area contributed by atoms with Crippen LogP contribution in [0, 0.1) is 19.8 Å². The Hall–Kier alpha value is -0.830. The van der Waals surface area contributed by atoms with Crippen LogP contribution >= 0.6 is 11.6 Å². The van der Waals surface area contributed by atoms with Crippen LogP contribution in [0.4, 0.5) is 5.82 Å². The Morgan fingerprint density at radius 2 is 1.94 bits per heavy atom. The zero-order valence-electron chi connectivity index (χ0n) is 11.9. The molecule has 1 N–H and O–H groups in total. The molecule has 1 rings (SSSR count). The minimum absolute atomic E-state index is 0.548. The Labute approximate surface area is 115 Å². The second-order valence-electron chi connectivity index (χ2n) is 4.83. The molecule has 0 aliphatic rings. The maximum atomic E-state index is 6.06. The van der Waals surface area contributed by atoms with Gasteiger partial charge in [-0.1, -0.05) is 44.7 Å². The zero-order chi connectivity index (χ0) is 13.5. The lowest BCUT2D eigenvalue weighted by molar-refractivity contribution is 0.472. The van der Waals surface area contributed by atoms with E-state index in [0.717, 1.165) is 23.8 Å². The zero-order valence-corrected chi connectivity index (χ0v) is 12.6. The second-order valence-corrected chi connectivity index (χ2v) is 5.19. The SMILES string of the molecule is CCCCC(CC)CNc1nc(C)nc(Cl)c1C. The first-order valence-electron chi connectivity index (χ1n) is 6.83. The summed E-state index contributed by atoms with van der Waals surface area (Å²) in [4.78, 5) is 8.56. The summed E-state index contributed by atoms with van der Waals surface area (Å²) in [7, 11) is 0. The van der Waals surface area contributed by atoms with Gasteiger partial charge in [-0.2, -0.15) is 0 Å². The van der Waals surface area contributed by atoms with E-state index in [4.69, 9.17) is 11.6 Å². The molecule has 0 aliphatic heterocycles. The number of nitrogens with zero attached hydrogens (tertiary/aromatic N) is 2. The molecule has 0 aliphatic carbocycles. The van der Waals surface area contributed by atoms with Gasteiger partial charge in [0.15, 0.2) is 0 Å². The Morgan fingerprint density at radius 1 is 1.22 bits per heavy atom. The number of rotatable bonds is 7. The van der Waals surface area contributed by atoms with Crippen LogP contribution < -0.4 is 5.32 Å². The Balaban J connectivity index is 2.61. The van der Waals surface area contributed by atoms with E-state index < -0.39 is 0 Å². The van der Waals surface area contributed by atoms with E-state index in [0.29, 0.717) is 11.1 Å². The minimum Gasteiger partial charge on any atom is -0.369 e. The highest BCUT2D eigenvalue weighted by Gasteiger charge is 2.10. The lowest BCUT2D eigenvalue weighted by Crippen LogP contribution is -2.15. The molecule has 3 nitrogen and oxygen atoms in total. The van der Waals surface area contributed by atoms with E-state index in [-0.39, 0.29) is 0 Å². The average Bonchev–Trinajstić information content (AvgIpc) is 2.35. The third-order valence-electron chi connectivity index (χ3n) is 3.30. The Bertz CT molecular complexity index is 380. The van der Waals surface area contributed by atoms with E-state index in [1.165, 1.54) is 25.7 Å². The largest absolute Gasteiger partial charge is 0.369 e. The van der Waals surface area contributed by atoms with Crippen LogP contribution in [0.2, 0.25) is 5.15 Å². The van der Waals surface area contributed by atoms with Gasteiger partial charge < -0.3 is 5.32 Å². The molecule has 1 heterocycles. The predicted octanol–water partition coefficient (Wildman–Crippen LogP) is 4.38. The summed E-state index contributed by atoms with van der Waals surface area (Å²) in [6, 6.07) is 0. The van der Waals surface area contributed by atoms with E-state index in [2.05, 4.69) is 29.1 Å². The summed E-state index contributed by atoms with van der Waals surface area (Å²) >= 11 is 6.06. The highest BCUT2D eigenvalue weighted by Crippen LogP contribution is 2.21. The van der Waals surface area contributed by atoms with Gasteiger partial charge in [0.05, 0.1) is 0 Å². The summed E-state index contributed by atoms with van der Waals surface area (Å²) in [5.41, 5.74) is 0.938. The molecular formula is C14H24ClN3. The normalized spacial score (nSPS) is 12.5. The number of hydrogen-bond donors (Lipinski definition) is 1. The molecule has 0 spiro atoms. The van der Waals surface area contributed by atoms with Gasteiger partial charge in [0.1, 0.15) is 16.8 Å². The van der Waals surface area contributed by atoms with Gasteiger partial charge in [0.2, 0.25) is 0 Å². The lowest BCUT2D eigenvalue weighted by atomic mass is 9.99. The van der Waals surface area contributed by atoms with Crippen LogP contribution in [0.1, 0.15) is 50.9 Å². The predicted molar refractivity (Wildman–Crippen MR) is 78.3 cm³/mol. The molecule has 1 aromatic rings. The van der Waals surface area contributed by atoms with E-state index >= 15 is 0 Å². The van der Waals surface area contributed by atoms with Crippen LogP contribution in [0.5, 0.6) is 0 Å². The molecule has 1 aromatic heterocycles. The first-order chi connectivity index (χ1) is 8.58. The van der Waals surface area contributed by atoms with Crippen molar-refractivity contribution in [2.45, 2.75) is 53.4 Å².